The maximum absolute atomic E-state index is 13.8. The third-order valence-electron chi connectivity index (χ3n) is 8.75. The number of rotatable bonds is 4. The molecule has 1 saturated carbocycles. The van der Waals surface area contributed by atoms with Crippen LogP contribution in [0.1, 0.15) is 56.1 Å². The lowest BCUT2D eigenvalue weighted by Crippen LogP contribution is -2.58. The topological polar surface area (TPSA) is 171 Å². The first-order valence-electron chi connectivity index (χ1n) is 14.7. The molecule has 13 nitrogen and oxygen atoms in total. The first-order chi connectivity index (χ1) is 20.4. The summed E-state index contributed by atoms with van der Waals surface area (Å²) in [6, 6.07) is 5.83. The van der Waals surface area contributed by atoms with E-state index >= 15 is 0 Å². The van der Waals surface area contributed by atoms with Crippen molar-refractivity contribution in [3.05, 3.63) is 47.5 Å². The van der Waals surface area contributed by atoms with Crippen LogP contribution in [0.5, 0.6) is 0 Å². The van der Waals surface area contributed by atoms with Gasteiger partial charge in [0.15, 0.2) is 0 Å². The van der Waals surface area contributed by atoms with Crippen LogP contribution in [0.3, 0.4) is 0 Å². The maximum Gasteiger partial charge on any atom is 0.410 e. The van der Waals surface area contributed by atoms with Crippen LogP contribution >= 0.6 is 0 Å². The number of fused-ring (bicyclic) bond motifs is 3. The van der Waals surface area contributed by atoms with Gasteiger partial charge >= 0.3 is 16.3 Å². The number of amides is 4. The molecule has 5 atom stereocenters. The van der Waals surface area contributed by atoms with E-state index in [0.29, 0.717) is 19.5 Å². The average Bonchev–Trinajstić information content (AvgIpc) is 3.28. The molecule has 1 aromatic carbocycles. The van der Waals surface area contributed by atoms with Crippen LogP contribution in [0.4, 0.5) is 4.79 Å². The van der Waals surface area contributed by atoms with Gasteiger partial charge < -0.3 is 20.7 Å². The number of nitrogens with zero attached hydrogens (tertiary/aromatic N) is 3. The van der Waals surface area contributed by atoms with Crippen molar-refractivity contribution in [2.75, 3.05) is 20.6 Å². The fourth-order valence-electron chi connectivity index (χ4n) is 6.04. The second kappa shape index (κ2) is 12.2. The highest BCUT2D eigenvalue weighted by Crippen LogP contribution is 2.45. The second-order valence-corrected chi connectivity index (χ2v) is 13.9. The summed E-state index contributed by atoms with van der Waals surface area (Å²) in [5.74, 6) is -2.33. The Hall–Kier alpha value is -3.49. The Kier molecular flexibility index (Phi) is 8.82. The van der Waals surface area contributed by atoms with Crippen molar-refractivity contribution < 1.29 is 32.3 Å². The highest BCUT2D eigenvalue weighted by atomic mass is 32.2. The number of hydrogen-bond acceptors (Lipinski definition) is 8. The van der Waals surface area contributed by atoms with E-state index in [9.17, 15) is 27.6 Å². The molecule has 4 amide bonds. The van der Waals surface area contributed by atoms with Crippen LogP contribution in [0, 0.1) is 5.92 Å². The SMILES string of the molecule is CN(C)S(=O)(=O)NC(=O)[C@@]12C[C@@H]1/C=C\CCCCC[C@H](N)C(=O)N1C[C@H](OC(=O)N3Cc4ccccc4C3)C[C@H]1C(=O)N2. The predicted octanol–water partition coefficient (Wildman–Crippen LogP) is 0.753. The van der Waals surface area contributed by atoms with E-state index in [1.165, 1.54) is 19.0 Å². The molecule has 0 bridgehead atoms. The summed E-state index contributed by atoms with van der Waals surface area (Å²) in [6.07, 6.45) is 6.31. The van der Waals surface area contributed by atoms with Gasteiger partial charge in [0, 0.05) is 39.5 Å². The van der Waals surface area contributed by atoms with E-state index in [0.717, 1.165) is 41.1 Å². The van der Waals surface area contributed by atoms with Gasteiger partial charge in [-0.05, 0) is 36.8 Å². The lowest BCUT2D eigenvalue weighted by molar-refractivity contribution is -0.140. The molecule has 234 valence electrons. The minimum atomic E-state index is -4.11. The fraction of sp³-hybridized carbons (Fsp3) is 0.586. The molecule has 4 aliphatic rings. The lowest BCUT2D eigenvalue weighted by Gasteiger charge is -2.28. The minimum Gasteiger partial charge on any atom is -0.444 e. The van der Waals surface area contributed by atoms with Crippen LogP contribution < -0.4 is 15.8 Å². The first kappa shape index (κ1) is 31.0. The summed E-state index contributed by atoms with van der Waals surface area (Å²) >= 11 is 0. The number of ether oxygens (including phenoxy) is 1. The maximum atomic E-state index is 13.8. The Balaban J connectivity index is 1.35. The molecular weight excluding hydrogens is 576 g/mol. The van der Waals surface area contributed by atoms with Crippen molar-refractivity contribution in [1.29, 1.82) is 0 Å². The summed E-state index contributed by atoms with van der Waals surface area (Å²) < 4.78 is 33.6. The van der Waals surface area contributed by atoms with E-state index in [1.54, 1.807) is 4.90 Å². The standard InChI is InChI=1S/C29H40N6O7S/c1-33(2)43(40,41)32-27(38)29-15-21(29)12-6-4-3-5-7-13-23(30)26(37)35-18-22(14-24(35)25(36)31-29)42-28(39)34-16-19-10-8-9-11-20(19)17-34/h6,8-12,21-24H,3-5,7,13-18,30H2,1-2H3,(H,31,36)(H,32,38)/b12-6-/t21-,22+,23-,24-,29+/m0/s1. The van der Waals surface area contributed by atoms with Crippen molar-refractivity contribution in [3.8, 4) is 0 Å². The fourth-order valence-corrected chi connectivity index (χ4v) is 6.64. The number of carbonyl (C=O) groups excluding carboxylic acids is 4. The molecule has 3 aliphatic heterocycles. The molecule has 4 N–H and O–H groups in total. The molecule has 1 aromatic rings. The van der Waals surface area contributed by atoms with Crippen LogP contribution in [0.2, 0.25) is 0 Å². The van der Waals surface area contributed by atoms with Gasteiger partial charge in [-0.15, -0.1) is 0 Å². The van der Waals surface area contributed by atoms with Gasteiger partial charge in [0.1, 0.15) is 17.7 Å². The lowest BCUT2D eigenvalue weighted by atomic mass is 10.1. The Morgan fingerprint density at radius 3 is 2.49 bits per heavy atom. The Bertz CT molecular complexity index is 1390. The summed E-state index contributed by atoms with van der Waals surface area (Å²) in [5.41, 5.74) is 6.85. The summed E-state index contributed by atoms with van der Waals surface area (Å²) in [4.78, 5) is 56.7. The predicted molar refractivity (Wildman–Crippen MR) is 156 cm³/mol. The summed E-state index contributed by atoms with van der Waals surface area (Å²) in [7, 11) is -1.53. The third-order valence-corrected chi connectivity index (χ3v) is 10.2. The van der Waals surface area contributed by atoms with Gasteiger partial charge in [-0.25, -0.2) is 9.52 Å². The molecule has 0 aromatic heterocycles. The van der Waals surface area contributed by atoms with Gasteiger partial charge in [-0.3, -0.25) is 19.3 Å². The number of benzene rings is 1. The van der Waals surface area contributed by atoms with Crippen LogP contribution in [0.25, 0.3) is 0 Å². The second-order valence-electron chi connectivity index (χ2n) is 12.0. The van der Waals surface area contributed by atoms with E-state index < -0.39 is 63.7 Å². The quantitative estimate of drug-likeness (QED) is 0.416. The zero-order valence-electron chi connectivity index (χ0n) is 24.5. The van der Waals surface area contributed by atoms with E-state index in [-0.39, 0.29) is 19.4 Å². The number of hydrogen-bond donors (Lipinski definition) is 3. The molecule has 14 heteroatoms. The molecule has 0 unspecified atom stereocenters. The van der Waals surface area contributed by atoms with E-state index in [4.69, 9.17) is 10.5 Å². The highest BCUT2D eigenvalue weighted by Gasteiger charge is 2.61. The number of nitrogens with one attached hydrogen (secondary N) is 2. The Morgan fingerprint density at radius 2 is 1.81 bits per heavy atom. The molecule has 43 heavy (non-hydrogen) atoms. The van der Waals surface area contributed by atoms with Gasteiger partial charge in [0.05, 0.1) is 12.6 Å². The molecule has 1 saturated heterocycles. The van der Waals surface area contributed by atoms with Crippen molar-refractivity contribution in [1.82, 2.24) is 24.1 Å². The monoisotopic (exact) mass is 616 g/mol. The summed E-state index contributed by atoms with van der Waals surface area (Å²) in [5, 5.41) is 2.78. The molecular formula is C29H40N6O7S. The Labute approximate surface area is 251 Å². The van der Waals surface area contributed by atoms with Gasteiger partial charge in [-0.1, -0.05) is 49.3 Å². The summed E-state index contributed by atoms with van der Waals surface area (Å²) in [6.45, 7) is 0.789. The van der Waals surface area contributed by atoms with E-state index in [1.807, 2.05) is 36.4 Å². The van der Waals surface area contributed by atoms with Crippen molar-refractivity contribution in [3.63, 3.8) is 0 Å². The van der Waals surface area contributed by atoms with Crippen molar-refractivity contribution in [2.45, 2.75) is 81.8 Å². The molecule has 1 aliphatic carbocycles. The molecule has 0 spiro atoms. The minimum absolute atomic E-state index is 0.0189. The molecule has 3 heterocycles. The zero-order valence-corrected chi connectivity index (χ0v) is 25.3. The largest absolute Gasteiger partial charge is 0.444 e. The van der Waals surface area contributed by atoms with Gasteiger partial charge in [0.2, 0.25) is 11.8 Å². The first-order valence-corrected chi connectivity index (χ1v) is 16.2. The normalized spacial score (nSPS) is 30.3. The van der Waals surface area contributed by atoms with Gasteiger partial charge in [-0.2, -0.15) is 12.7 Å². The van der Waals surface area contributed by atoms with Crippen molar-refractivity contribution >= 4 is 34.0 Å². The van der Waals surface area contributed by atoms with Crippen LogP contribution in [-0.2, 0) is 42.4 Å². The number of nitrogens with two attached hydrogens (primary N) is 1. The molecule has 2 fully saturated rings. The smallest absolute Gasteiger partial charge is 0.410 e. The van der Waals surface area contributed by atoms with Crippen LogP contribution in [0.15, 0.2) is 36.4 Å². The van der Waals surface area contributed by atoms with Gasteiger partial charge in [0.25, 0.3) is 5.91 Å². The highest BCUT2D eigenvalue weighted by molar-refractivity contribution is 7.87. The third kappa shape index (κ3) is 6.55. The number of carbonyl (C=O) groups is 4. The zero-order chi connectivity index (χ0) is 30.9. The molecule has 0 radical (unpaired) electrons. The average molecular weight is 617 g/mol. The Morgan fingerprint density at radius 1 is 1.12 bits per heavy atom. The van der Waals surface area contributed by atoms with Crippen molar-refractivity contribution in [2.24, 2.45) is 11.7 Å². The number of allylic oxidation sites excluding steroid dienone is 1. The molecule has 5 rings (SSSR count). The van der Waals surface area contributed by atoms with E-state index in [2.05, 4.69) is 10.0 Å². The van der Waals surface area contributed by atoms with Crippen LogP contribution in [-0.4, -0.2) is 90.7 Å².